The summed E-state index contributed by atoms with van der Waals surface area (Å²) < 4.78 is 43.7. The third-order valence-corrected chi connectivity index (χ3v) is 6.31. The normalized spacial score (nSPS) is 12.9. The van der Waals surface area contributed by atoms with Gasteiger partial charge in [0.05, 0.1) is 22.3 Å². The van der Waals surface area contributed by atoms with E-state index < -0.39 is 23.8 Å². The van der Waals surface area contributed by atoms with Crippen LogP contribution in [0, 0.1) is 0 Å². The molecule has 1 amide bonds. The molecule has 11 heteroatoms. The molecule has 1 atom stereocenters. The van der Waals surface area contributed by atoms with E-state index in [1.165, 1.54) is 17.4 Å². The Hall–Kier alpha value is -3.21. The number of carbonyl (C=O) groups is 1. The zero-order valence-corrected chi connectivity index (χ0v) is 18.5. The third kappa shape index (κ3) is 4.12. The van der Waals surface area contributed by atoms with Crippen molar-refractivity contribution in [1.29, 1.82) is 0 Å². The van der Waals surface area contributed by atoms with Gasteiger partial charge >= 0.3 is 6.18 Å². The van der Waals surface area contributed by atoms with Crippen LogP contribution >= 0.6 is 11.3 Å². The van der Waals surface area contributed by atoms with E-state index in [4.69, 9.17) is 0 Å². The summed E-state index contributed by atoms with van der Waals surface area (Å²) in [6.45, 7) is 6.30. The summed E-state index contributed by atoms with van der Waals surface area (Å²) in [5.74, 6) is -0.592. The van der Waals surface area contributed by atoms with Gasteiger partial charge in [0, 0.05) is 23.7 Å². The van der Waals surface area contributed by atoms with Crippen molar-refractivity contribution in [3.8, 4) is 10.6 Å². The van der Waals surface area contributed by atoms with Crippen molar-refractivity contribution in [2.24, 2.45) is 0 Å². The number of fused-ring (bicyclic) bond motifs is 1. The summed E-state index contributed by atoms with van der Waals surface area (Å²) in [7, 11) is 0. The van der Waals surface area contributed by atoms with Gasteiger partial charge in [-0.05, 0) is 44.5 Å². The van der Waals surface area contributed by atoms with E-state index in [0.29, 0.717) is 15.9 Å². The monoisotopic (exact) mass is 462 g/mol. The molecule has 0 bridgehead atoms. The van der Waals surface area contributed by atoms with Crippen LogP contribution in [0.25, 0.3) is 16.2 Å². The molecular formula is C21H21F3N6OS. The molecular weight excluding hydrogens is 441 g/mol. The van der Waals surface area contributed by atoms with Gasteiger partial charge in [0.2, 0.25) is 0 Å². The molecule has 0 aliphatic rings. The lowest BCUT2D eigenvalue weighted by molar-refractivity contribution is -0.142. The number of nitrogens with zero attached hydrogens (tertiary/aromatic N) is 5. The van der Waals surface area contributed by atoms with E-state index in [2.05, 4.69) is 20.5 Å². The molecule has 1 N–H and O–H groups in total. The van der Waals surface area contributed by atoms with Crippen molar-refractivity contribution >= 4 is 22.9 Å². The van der Waals surface area contributed by atoms with Crippen LogP contribution in [-0.4, -0.2) is 30.3 Å². The maximum Gasteiger partial charge on any atom is 0.433 e. The number of hydrogen-bond acceptors (Lipinski definition) is 5. The maximum absolute atomic E-state index is 13.8. The summed E-state index contributed by atoms with van der Waals surface area (Å²) >= 11 is 1.39. The number of rotatable bonds is 6. The molecule has 0 aliphatic heterocycles. The predicted octanol–water partition coefficient (Wildman–Crippen LogP) is 4.75. The van der Waals surface area contributed by atoms with Crippen LogP contribution in [0.1, 0.15) is 53.6 Å². The fourth-order valence-corrected chi connectivity index (χ4v) is 4.35. The summed E-state index contributed by atoms with van der Waals surface area (Å²) in [4.78, 5) is 18.8. The fraction of sp³-hybridized carbons (Fsp3) is 0.333. The summed E-state index contributed by atoms with van der Waals surface area (Å²) in [5.41, 5.74) is -0.195. The second kappa shape index (κ2) is 8.38. The number of amides is 1. The molecule has 1 unspecified atom stereocenters. The van der Waals surface area contributed by atoms with Gasteiger partial charge in [0.15, 0.2) is 17.0 Å². The fourth-order valence-electron chi connectivity index (χ4n) is 3.44. The lowest BCUT2D eigenvalue weighted by atomic mass is 10.2. The molecule has 0 saturated carbocycles. The number of halogens is 3. The van der Waals surface area contributed by atoms with Crippen LogP contribution in [0.15, 0.2) is 36.5 Å². The Morgan fingerprint density at radius 3 is 2.66 bits per heavy atom. The minimum atomic E-state index is -4.67. The number of aryl methyl sites for hydroxylation is 2. The average Bonchev–Trinajstić information content (AvgIpc) is 3.50. The van der Waals surface area contributed by atoms with Crippen LogP contribution in [0.4, 0.5) is 13.2 Å². The minimum absolute atomic E-state index is 0.0438. The molecule has 32 heavy (non-hydrogen) atoms. The van der Waals surface area contributed by atoms with Crippen molar-refractivity contribution in [1.82, 2.24) is 29.7 Å². The molecule has 4 heterocycles. The van der Waals surface area contributed by atoms with E-state index in [1.54, 1.807) is 29.9 Å². The van der Waals surface area contributed by atoms with E-state index in [-0.39, 0.29) is 17.0 Å². The highest BCUT2D eigenvalue weighted by Crippen LogP contribution is 2.34. The number of hydrogen-bond donors (Lipinski definition) is 1. The quantitative estimate of drug-likeness (QED) is 0.449. The zero-order chi connectivity index (χ0) is 23.0. The van der Waals surface area contributed by atoms with Crippen LogP contribution in [0.3, 0.4) is 0 Å². The standard InChI is InChI=1S/C21H21F3N6OS/c1-4-13-6-7-17(32-13)14-10-18(21(22,23)24)30-19(27-14)11-15(28-30)20(31)26-12(3)16-8-9-25-29(16)5-2/h6-12H,4-5H2,1-3H3,(H,26,31). The molecule has 4 aromatic heterocycles. The lowest BCUT2D eigenvalue weighted by Gasteiger charge is -2.14. The first-order chi connectivity index (χ1) is 15.2. The molecule has 0 spiro atoms. The second-order valence-corrected chi connectivity index (χ2v) is 8.38. The van der Waals surface area contributed by atoms with Crippen molar-refractivity contribution in [2.75, 3.05) is 0 Å². The number of nitrogens with one attached hydrogen (secondary N) is 1. The van der Waals surface area contributed by atoms with Crippen LogP contribution < -0.4 is 5.32 Å². The second-order valence-electron chi connectivity index (χ2n) is 7.21. The van der Waals surface area contributed by atoms with E-state index in [9.17, 15) is 18.0 Å². The Balaban J connectivity index is 1.71. The van der Waals surface area contributed by atoms with Crippen molar-refractivity contribution in [3.05, 3.63) is 58.5 Å². The number of alkyl halides is 3. The first-order valence-electron chi connectivity index (χ1n) is 10.1. The van der Waals surface area contributed by atoms with Gasteiger partial charge in [0.25, 0.3) is 5.91 Å². The smallest absolute Gasteiger partial charge is 0.343 e. The summed E-state index contributed by atoms with van der Waals surface area (Å²) in [6, 6.07) is 7.24. The van der Waals surface area contributed by atoms with Crippen LogP contribution in [0.2, 0.25) is 0 Å². The number of aromatic nitrogens is 5. The molecule has 4 aromatic rings. The predicted molar refractivity (Wildman–Crippen MR) is 114 cm³/mol. The molecule has 0 saturated heterocycles. The topological polar surface area (TPSA) is 77.1 Å². The highest BCUT2D eigenvalue weighted by Gasteiger charge is 2.36. The Bertz CT molecular complexity index is 1270. The van der Waals surface area contributed by atoms with Crippen LogP contribution in [-0.2, 0) is 19.1 Å². The van der Waals surface area contributed by atoms with Gasteiger partial charge in [-0.3, -0.25) is 9.48 Å². The lowest BCUT2D eigenvalue weighted by Crippen LogP contribution is -2.28. The van der Waals surface area contributed by atoms with Crippen molar-refractivity contribution in [3.63, 3.8) is 0 Å². The van der Waals surface area contributed by atoms with E-state index >= 15 is 0 Å². The Morgan fingerprint density at radius 1 is 1.22 bits per heavy atom. The Morgan fingerprint density at radius 2 is 2.00 bits per heavy atom. The van der Waals surface area contributed by atoms with Gasteiger partial charge in [-0.2, -0.15) is 23.4 Å². The molecule has 0 aliphatic carbocycles. The van der Waals surface area contributed by atoms with Gasteiger partial charge in [-0.1, -0.05) is 6.92 Å². The summed E-state index contributed by atoms with van der Waals surface area (Å²) in [5, 5.41) is 10.8. The average molecular weight is 463 g/mol. The first kappa shape index (κ1) is 22.0. The molecule has 0 aromatic carbocycles. The first-order valence-corrected chi connectivity index (χ1v) is 10.9. The Labute approximate surface area is 185 Å². The van der Waals surface area contributed by atoms with Crippen molar-refractivity contribution in [2.45, 2.75) is 46.0 Å². The molecule has 168 valence electrons. The van der Waals surface area contributed by atoms with E-state index in [1.807, 2.05) is 19.9 Å². The number of thiophene rings is 1. The zero-order valence-electron chi connectivity index (χ0n) is 17.6. The largest absolute Gasteiger partial charge is 0.433 e. The molecule has 7 nitrogen and oxygen atoms in total. The Kier molecular flexibility index (Phi) is 5.76. The van der Waals surface area contributed by atoms with E-state index in [0.717, 1.165) is 23.1 Å². The highest BCUT2D eigenvalue weighted by molar-refractivity contribution is 7.15. The van der Waals surface area contributed by atoms with Crippen LogP contribution in [0.5, 0.6) is 0 Å². The van der Waals surface area contributed by atoms with Gasteiger partial charge in [-0.25, -0.2) is 9.50 Å². The summed E-state index contributed by atoms with van der Waals surface area (Å²) in [6.07, 6.45) is -2.26. The highest BCUT2D eigenvalue weighted by atomic mass is 32.1. The SMILES string of the molecule is CCc1ccc(-c2cc(C(F)(F)F)n3nc(C(=O)NC(C)c4ccnn4CC)cc3n2)s1. The maximum atomic E-state index is 13.8. The molecule has 4 rings (SSSR count). The van der Waals surface area contributed by atoms with Crippen molar-refractivity contribution < 1.29 is 18.0 Å². The molecule has 0 radical (unpaired) electrons. The van der Waals surface area contributed by atoms with Gasteiger partial charge in [0.1, 0.15) is 0 Å². The number of carbonyl (C=O) groups excluding carboxylic acids is 1. The van der Waals surface area contributed by atoms with Gasteiger partial charge < -0.3 is 5.32 Å². The third-order valence-electron chi connectivity index (χ3n) is 5.05. The van der Waals surface area contributed by atoms with Gasteiger partial charge in [-0.15, -0.1) is 11.3 Å². The minimum Gasteiger partial charge on any atom is -0.343 e. The molecule has 0 fully saturated rings.